The first-order valence-corrected chi connectivity index (χ1v) is 10.2. The molecule has 0 amide bonds. The number of fused-ring (bicyclic) bond motifs is 1. The lowest BCUT2D eigenvalue weighted by Crippen LogP contribution is -2.35. The number of hydrogen-bond acceptors (Lipinski definition) is 5. The highest BCUT2D eigenvalue weighted by Gasteiger charge is 2.27. The highest BCUT2D eigenvalue weighted by molar-refractivity contribution is 5.85. The molecule has 0 saturated carbocycles. The lowest BCUT2D eigenvalue weighted by atomic mass is 9.95. The number of rotatable bonds is 4. The van der Waals surface area contributed by atoms with Gasteiger partial charge in [-0.2, -0.15) is 5.10 Å². The van der Waals surface area contributed by atoms with Gasteiger partial charge in [0, 0.05) is 31.7 Å². The topological polar surface area (TPSA) is 63.8 Å². The maximum Gasteiger partial charge on any atom is 0.147 e. The number of hydrogen-bond donors (Lipinski definition) is 1. The number of halogens is 1. The van der Waals surface area contributed by atoms with E-state index < -0.39 is 0 Å². The Labute approximate surface area is 177 Å². The van der Waals surface area contributed by atoms with Gasteiger partial charge in [-0.25, -0.2) is 4.68 Å². The van der Waals surface area contributed by atoms with Crippen molar-refractivity contribution in [1.82, 2.24) is 34.8 Å². The Morgan fingerprint density at radius 1 is 1.07 bits per heavy atom. The Hall–Kier alpha value is -2.22. The van der Waals surface area contributed by atoms with Crippen molar-refractivity contribution < 1.29 is 0 Å². The maximum atomic E-state index is 4.58. The molecule has 0 spiro atoms. The normalized spacial score (nSPS) is 17.7. The second kappa shape index (κ2) is 8.65. The summed E-state index contributed by atoms with van der Waals surface area (Å²) in [5.74, 6) is 2.81. The minimum Gasteiger partial charge on any atom is -0.312 e. The number of nitrogens with one attached hydrogen (secondary N) is 1. The van der Waals surface area contributed by atoms with Crippen molar-refractivity contribution in [3.63, 3.8) is 0 Å². The summed E-state index contributed by atoms with van der Waals surface area (Å²) in [5, 5.41) is 16.9. The smallest absolute Gasteiger partial charge is 0.147 e. The second-order valence-corrected chi connectivity index (χ2v) is 7.87. The SMILES string of the molecule is Cc1ccccc1-n1nccc1CN1CCC(c2nnc3n2CCNC3)CC1.Cl. The molecule has 2 aromatic heterocycles. The predicted octanol–water partition coefficient (Wildman–Crippen LogP) is 2.68. The zero-order valence-electron chi connectivity index (χ0n) is 16.8. The maximum absolute atomic E-state index is 4.58. The molecule has 4 heterocycles. The Morgan fingerprint density at radius 3 is 2.72 bits per heavy atom. The molecule has 5 rings (SSSR count). The van der Waals surface area contributed by atoms with Gasteiger partial charge in [-0.15, -0.1) is 22.6 Å². The third-order valence-electron chi connectivity index (χ3n) is 6.05. The number of piperidine rings is 1. The fourth-order valence-electron chi connectivity index (χ4n) is 4.46. The first-order chi connectivity index (χ1) is 13.8. The summed E-state index contributed by atoms with van der Waals surface area (Å²) in [6.07, 6.45) is 4.19. The van der Waals surface area contributed by atoms with Crippen LogP contribution in [0.1, 0.15) is 41.7 Å². The third kappa shape index (κ3) is 3.95. The molecule has 154 valence electrons. The quantitative estimate of drug-likeness (QED) is 0.712. The van der Waals surface area contributed by atoms with Gasteiger partial charge in [0.05, 0.1) is 17.9 Å². The van der Waals surface area contributed by atoms with Crippen molar-refractivity contribution in [2.24, 2.45) is 0 Å². The van der Waals surface area contributed by atoms with Crippen LogP contribution in [0.25, 0.3) is 5.69 Å². The Balaban J connectivity index is 0.00000205. The highest BCUT2D eigenvalue weighted by Crippen LogP contribution is 2.28. The van der Waals surface area contributed by atoms with Gasteiger partial charge in [0.2, 0.25) is 0 Å². The minimum atomic E-state index is 0. The lowest BCUT2D eigenvalue weighted by molar-refractivity contribution is 0.196. The number of benzene rings is 1. The van der Waals surface area contributed by atoms with Gasteiger partial charge in [-0.1, -0.05) is 18.2 Å². The fraction of sp³-hybridized carbons (Fsp3) is 0.476. The third-order valence-corrected chi connectivity index (χ3v) is 6.05. The zero-order chi connectivity index (χ0) is 18.9. The monoisotopic (exact) mass is 413 g/mol. The molecule has 0 atom stereocenters. The van der Waals surface area contributed by atoms with Crippen LogP contribution in [0.2, 0.25) is 0 Å². The first-order valence-electron chi connectivity index (χ1n) is 10.2. The van der Waals surface area contributed by atoms with E-state index in [-0.39, 0.29) is 12.4 Å². The van der Waals surface area contributed by atoms with E-state index >= 15 is 0 Å². The highest BCUT2D eigenvalue weighted by atomic mass is 35.5. The Morgan fingerprint density at radius 2 is 1.90 bits per heavy atom. The number of aryl methyl sites for hydroxylation is 1. The molecule has 8 heteroatoms. The summed E-state index contributed by atoms with van der Waals surface area (Å²) >= 11 is 0. The molecule has 1 aromatic carbocycles. The van der Waals surface area contributed by atoms with Crippen LogP contribution in [-0.2, 0) is 19.6 Å². The second-order valence-electron chi connectivity index (χ2n) is 7.87. The van der Waals surface area contributed by atoms with Crippen molar-refractivity contribution in [1.29, 1.82) is 0 Å². The summed E-state index contributed by atoms with van der Waals surface area (Å²) in [5.41, 5.74) is 3.66. The van der Waals surface area contributed by atoms with Crippen molar-refractivity contribution in [2.45, 2.75) is 45.3 Å². The van der Waals surface area contributed by atoms with Crippen LogP contribution >= 0.6 is 12.4 Å². The average molecular weight is 414 g/mol. The summed E-state index contributed by atoms with van der Waals surface area (Å²) in [4.78, 5) is 2.54. The number of para-hydroxylation sites is 1. The van der Waals surface area contributed by atoms with Gasteiger partial charge < -0.3 is 9.88 Å². The van der Waals surface area contributed by atoms with Gasteiger partial charge in [-0.3, -0.25) is 4.90 Å². The van der Waals surface area contributed by atoms with Gasteiger partial charge in [0.15, 0.2) is 0 Å². The van der Waals surface area contributed by atoms with Gasteiger partial charge in [0.25, 0.3) is 0 Å². The van der Waals surface area contributed by atoms with Crippen LogP contribution < -0.4 is 5.32 Å². The van der Waals surface area contributed by atoms with Crippen molar-refractivity contribution in [3.05, 3.63) is 59.4 Å². The molecule has 0 unspecified atom stereocenters. The molecular formula is C21H28ClN7. The van der Waals surface area contributed by atoms with E-state index in [0.29, 0.717) is 5.92 Å². The van der Waals surface area contributed by atoms with Crippen molar-refractivity contribution in [2.75, 3.05) is 19.6 Å². The van der Waals surface area contributed by atoms with Crippen LogP contribution in [0.3, 0.4) is 0 Å². The van der Waals surface area contributed by atoms with Crippen LogP contribution in [0, 0.1) is 6.92 Å². The molecule has 29 heavy (non-hydrogen) atoms. The number of likely N-dealkylation sites (tertiary alicyclic amines) is 1. The zero-order valence-corrected chi connectivity index (χ0v) is 17.6. The molecule has 1 N–H and O–H groups in total. The molecule has 2 aliphatic rings. The fourth-order valence-corrected chi connectivity index (χ4v) is 4.46. The molecule has 7 nitrogen and oxygen atoms in total. The van der Waals surface area contributed by atoms with E-state index in [1.54, 1.807) is 0 Å². The standard InChI is InChI=1S/C21H27N7.ClH/c1-16-4-2-3-5-19(16)28-18(6-9-23-28)15-26-11-7-17(8-12-26)21-25-24-20-14-22-10-13-27(20)21;/h2-6,9,17,22H,7-8,10-15H2,1H3;1H. The summed E-state index contributed by atoms with van der Waals surface area (Å²) < 4.78 is 4.42. The Kier molecular flexibility index (Phi) is 5.99. The molecular weight excluding hydrogens is 386 g/mol. The van der Waals surface area contributed by atoms with Crippen LogP contribution in [0.5, 0.6) is 0 Å². The van der Waals surface area contributed by atoms with E-state index in [4.69, 9.17) is 0 Å². The molecule has 0 aliphatic carbocycles. The summed E-state index contributed by atoms with van der Waals surface area (Å²) in [7, 11) is 0. The van der Waals surface area contributed by atoms with Gasteiger partial charge >= 0.3 is 0 Å². The molecule has 1 saturated heterocycles. The molecule has 0 radical (unpaired) electrons. The van der Waals surface area contributed by atoms with Crippen LogP contribution in [0.15, 0.2) is 36.5 Å². The van der Waals surface area contributed by atoms with E-state index in [1.165, 1.54) is 22.8 Å². The largest absolute Gasteiger partial charge is 0.312 e. The van der Waals surface area contributed by atoms with Gasteiger partial charge in [0.1, 0.15) is 11.6 Å². The van der Waals surface area contributed by atoms with E-state index in [2.05, 4.69) is 72.0 Å². The summed E-state index contributed by atoms with van der Waals surface area (Å²) in [6.45, 7) is 8.10. The summed E-state index contributed by atoms with van der Waals surface area (Å²) in [6, 6.07) is 10.6. The lowest BCUT2D eigenvalue weighted by Gasteiger charge is -2.32. The van der Waals surface area contributed by atoms with E-state index in [0.717, 1.165) is 57.9 Å². The predicted molar refractivity (Wildman–Crippen MR) is 115 cm³/mol. The van der Waals surface area contributed by atoms with Crippen LogP contribution in [0.4, 0.5) is 0 Å². The number of aromatic nitrogens is 5. The van der Waals surface area contributed by atoms with E-state index in [1.807, 2.05) is 6.20 Å². The molecule has 0 bridgehead atoms. The minimum absolute atomic E-state index is 0. The van der Waals surface area contributed by atoms with Gasteiger partial charge in [-0.05, 0) is 50.6 Å². The van der Waals surface area contributed by atoms with Crippen molar-refractivity contribution in [3.8, 4) is 5.69 Å². The van der Waals surface area contributed by atoms with Crippen molar-refractivity contribution >= 4 is 12.4 Å². The average Bonchev–Trinajstić information content (AvgIpc) is 3.36. The Bertz CT molecular complexity index is 956. The first kappa shape index (κ1) is 20.1. The molecule has 2 aliphatic heterocycles. The van der Waals surface area contributed by atoms with E-state index in [9.17, 15) is 0 Å². The molecule has 3 aromatic rings. The number of nitrogens with zero attached hydrogens (tertiary/aromatic N) is 6. The van der Waals surface area contributed by atoms with Crippen LogP contribution in [-0.4, -0.2) is 49.1 Å². The molecule has 1 fully saturated rings.